The smallest absolute Gasteiger partial charge is 0.305 e. The maximum absolute atomic E-state index is 11.0. The van der Waals surface area contributed by atoms with Crippen molar-refractivity contribution in [2.24, 2.45) is 0 Å². The number of nitrogens with one attached hydrogen (secondary N) is 1. The lowest BCUT2D eigenvalue weighted by Gasteiger charge is -2.04. The van der Waals surface area contributed by atoms with Gasteiger partial charge in [0.2, 0.25) is 5.91 Å². The first-order valence-electron chi connectivity index (χ1n) is 4.95. The van der Waals surface area contributed by atoms with Crippen LogP contribution < -0.4 is 5.32 Å². The molecule has 0 unspecified atom stereocenters. The summed E-state index contributed by atoms with van der Waals surface area (Å²) in [5, 5.41) is 2.41. The first kappa shape index (κ1) is 14.9. The van der Waals surface area contributed by atoms with Crippen molar-refractivity contribution < 1.29 is 22.7 Å². The molecule has 0 bridgehead atoms. The summed E-state index contributed by atoms with van der Waals surface area (Å²) in [4.78, 5) is 21.9. The van der Waals surface area contributed by atoms with Gasteiger partial charge in [-0.15, -0.1) is 0 Å². The molecular weight excluding hydrogens is 234 g/mol. The minimum absolute atomic E-state index is 0.215. The van der Waals surface area contributed by atoms with E-state index in [1.165, 1.54) is 0 Å². The van der Waals surface area contributed by atoms with Crippen LogP contribution in [0.1, 0.15) is 19.8 Å². The van der Waals surface area contributed by atoms with Crippen LogP contribution in [0.15, 0.2) is 0 Å². The van der Waals surface area contributed by atoms with Crippen molar-refractivity contribution in [3.05, 3.63) is 0 Å². The summed E-state index contributed by atoms with van der Waals surface area (Å²) in [6.45, 7) is 2.32. The van der Waals surface area contributed by atoms with Crippen molar-refractivity contribution in [3.63, 3.8) is 0 Å². The highest BCUT2D eigenvalue weighted by atomic mass is 32.2. The highest BCUT2D eigenvalue weighted by Crippen LogP contribution is 1.91. The number of hydrogen-bond donors (Lipinski definition) is 1. The molecular formula is C9H17NO5S. The first-order chi connectivity index (χ1) is 7.35. The lowest BCUT2D eigenvalue weighted by atomic mass is 10.3. The van der Waals surface area contributed by atoms with Crippen LogP contribution in [0.2, 0.25) is 0 Å². The third-order valence-electron chi connectivity index (χ3n) is 1.58. The third-order valence-corrected chi connectivity index (χ3v) is 2.37. The van der Waals surface area contributed by atoms with Gasteiger partial charge >= 0.3 is 5.97 Å². The molecule has 0 spiro atoms. The SMILES string of the molecule is CCOC(=O)CCCNC(=O)CS(C)(=O)=O. The zero-order valence-electron chi connectivity index (χ0n) is 9.49. The number of carbonyl (C=O) groups excluding carboxylic acids is 2. The van der Waals surface area contributed by atoms with Crippen molar-refractivity contribution in [1.29, 1.82) is 0 Å². The zero-order chi connectivity index (χ0) is 12.6. The number of esters is 1. The van der Waals surface area contributed by atoms with E-state index in [2.05, 4.69) is 10.1 Å². The van der Waals surface area contributed by atoms with E-state index in [9.17, 15) is 18.0 Å². The van der Waals surface area contributed by atoms with Gasteiger partial charge in [0.1, 0.15) is 5.75 Å². The van der Waals surface area contributed by atoms with E-state index >= 15 is 0 Å². The molecule has 0 rings (SSSR count). The van der Waals surface area contributed by atoms with Gasteiger partial charge in [-0.3, -0.25) is 9.59 Å². The molecule has 0 saturated heterocycles. The lowest BCUT2D eigenvalue weighted by Crippen LogP contribution is -2.30. The van der Waals surface area contributed by atoms with E-state index in [-0.39, 0.29) is 18.9 Å². The minimum atomic E-state index is -3.29. The fourth-order valence-electron chi connectivity index (χ4n) is 0.983. The van der Waals surface area contributed by atoms with Gasteiger partial charge in [-0.1, -0.05) is 0 Å². The number of sulfone groups is 1. The van der Waals surface area contributed by atoms with Crippen LogP contribution in [0.25, 0.3) is 0 Å². The molecule has 0 saturated carbocycles. The summed E-state index contributed by atoms with van der Waals surface area (Å²) in [5.41, 5.74) is 0. The van der Waals surface area contributed by atoms with Crippen LogP contribution in [-0.4, -0.2) is 45.5 Å². The molecule has 0 fully saturated rings. The van der Waals surface area contributed by atoms with Crippen LogP contribution in [-0.2, 0) is 24.2 Å². The summed E-state index contributed by atoms with van der Waals surface area (Å²) in [7, 11) is -3.29. The van der Waals surface area contributed by atoms with Gasteiger partial charge in [-0.2, -0.15) is 0 Å². The summed E-state index contributed by atoms with van der Waals surface area (Å²) in [5.74, 6) is -1.39. The van der Waals surface area contributed by atoms with Gasteiger partial charge in [0, 0.05) is 19.2 Å². The van der Waals surface area contributed by atoms with Crippen LogP contribution in [0.3, 0.4) is 0 Å². The average Bonchev–Trinajstić information content (AvgIpc) is 2.10. The van der Waals surface area contributed by atoms with Crippen molar-refractivity contribution >= 4 is 21.7 Å². The van der Waals surface area contributed by atoms with Gasteiger partial charge in [-0.05, 0) is 13.3 Å². The minimum Gasteiger partial charge on any atom is -0.466 e. The molecule has 0 radical (unpaired) electrons. The Morgan fingerprint density at radius 3 is 2.44 bits per heavy atom. The predicted molar refractivity (Wildman–Crippen MR) is 58.6 cm³/mol. The number of hydrogen-bond acceptors (Lipinski definition) is 5. The molecule has 16 heavy (non-hydrogen) atoms. The van der Waals surface area contributed by atoms with E-state index in [1.807, 2.05) is 0 Å². The van der Waals surface area contributed by atoms with Crippen LogP contribution >= 0.6 is 0 Å². The molecule has 0 heterocycles. The maximum Gasteiger partial charge on any atom is 0.305 e. The molecule has 7 heteroatoms. The van der Waals surface area contributed by atoms with E-state index in [0.717, 1.165) is 6.26 Å². The Morgan fingerprint density at radius 2 is 1.94 bits per heavy atom. The molecule has 0 aromatic heterocycles. The Balaban J connectivity index is 3.60. The first-order valence-corrected chi connectivity index (χ1v) is 7.01. The van der Waals surface area contributed by atoms with Gasteiger partial charge in [0.25, 0.3) is 0 Å². The number of ether oxygens (including phenoxy) is 1. The average molecular weight is 251 g/mol. The monoisotopic (exact) mass is 251 g/mol. The molecule has 0 aliphatic rings. The van der Waals surface area contributed by atoms with Crippen molar-refractivity contribution in [2.45, 2.75) is 19.8 Å². The number of carbonyl (C=O) groups is 2. The Kier molecular flexibility index (Phi) is 6.71. The second kappa shape index (κ2) is 7.21. The molecule has 0 aliphatic carbocycles. The normalized spacial score (nSPS) is 10.9. The Bertz CT molecular complexity index is 336. The quantitative estimate of drug-likeness (QED) is 0.486. The van der Waals surface area contributed by atoms with Crippen LogP contribution in [0, 0.1) is 0 Å². The molecule has 0 aliphatic heterocycles. The van der Waals surface area contributed by atoms with E-state index < -0.39 is 21.5 Å². The molecule has 94 valence electrons. The summed E-state index contributed by atoms with van der Waals surface area (Å²) < 4.78 is 26.1. The van der Waals surface area contributed by atoms with Crippen LogP contribution in [0.5, 0.6) is 0 Å². The molecule has 0 atom stereocenters. The summed E-state index contributed by atoms with van der Waals surface area (Å²) >= 11 is 0. The second-order valence-corrected chi connectivity index (χ2v) is 5.47. The summed E-state index contributed by atoms with van der Waals surface area (Å²) in [6.07, 6.45) is 1.65. The molecule has 6 nitrogen and oxygen atoms in total. The van der Waals surface area contributed by atoms with Crippen molar-refractivity contribution in [1.82, 2.24) is 5.32 Å². The van der Waals surface area contributed by atoms with Crippen molar-refractivity contribution in [3.8, 4) is 0 Å². The highest BCUT2D eigenvalue weighted by molar-refractivity contribution is 7.91. The Labute approximate surface area is 95.3 Å². The second-order valence-electron chi connectivity index (χ2n) is 3.33. The molecule has 0 aromatic carbocycles. The van der Waals surface area contributed by atoms with Gasteiger partial charge in [-0.25, -0.2) is 8.42 Å². The molecule has 0 aromatic rings. The molecule has 1 amide bonds. The summed E-state index contributed by atoms with van der Waals surface area (Å²) in [6, 6.07) is 0. The maximum atomic E-state index is 11.0. The predicted octanol–water partition coefficient (Wildman–Crippen LogP) is -0.509. The van der Waals surface area contributed by atoms with Crippen LogP contribution in [0.4, 0.5) is 0 Å². The lowest BCUT2D eigenvalue weighted by molar-refractivity contribution is -0.143. The molecule has 1 N–H and O–H groups in total. The number of amides is 1. The van der Waals surface area contributed by atoms with Gasteiger partial charge in [0.05, 0.1) is 6.61 Å². The zero-order valence-corrected chi connectivity index (χ0v) is 10.3. The fraction of sp³-hybridized carbons (Fsp3) is 0.778. The third kappa shape index (κ3) is 9.45. The van der Waals surface area contributed by atoms with E-state index in [0.29, 0.717) is 13.0 Å². The Hall–Kier alpha value is -1.11. The standard InChI is InChI=1S/C9H17NO5S/c1-3-15-9(12)5-4-6-10-8(11)7-16(2,13)14/h3-7H2,1-2H3,(H,10,11). The Morgan fingerprint density at radius 1 is 1.31 bits per heavy atom. The number of rotatable bonds is 7. The van der Waals surface area contributed by atoms with Gasteiger partial charge < -0.3 is 10.1 Å². The van der Waals surface area contributed by atoms with E-state index in [1.54, 1.807) is 6.92 Å². The van der Waals surface area contributed by atoms with Crippen molar-refractivity contribution in [2.75, 3.05) is 25.2 Å². The van der Waals surface area contributed by atoms with Gasteiger partial charge in [0.15, 0.2) is 9.84 Å². The fourth-order valence-corrected chi connectivity index (χ4v) is 1.56. The topological polar surface area (TPSA) is 89.5 Å². The largest absolute Gasteiger partial charge is 0.466 e. The highest BCUT2D eigenvalue weighted by Gasteiger charge is 2.10. The van der Waals surface area contributed by atoms with E-state index in [4.69, 9.17) is 0 Å².